The van der Waals surface area contributed by atoms with Crippen molar-refractivity contribution in [3.8, 4) is 17.2 Å². The highest BCUT2D eigenvalue weighted by molar-refractivity contribution is 6.02. The molecule has 2 aromatic carbocycles. The zero-order chi connectivity index (χ0) is 21.2. The first-order valence-electron chi connectivity index (χ1n) is 10.7. The highest BCUT2D eigenvalue weighted by Gasteiger charge is 2.42. The van der Waals surface area contributed by atoms with Gasteiger partial charge in [-0.2, -0.15) is 5.10 Å². The molecule has 3 aromatic rings. The first-order valence-corrected chi connectivity index (χ1v) is 10.7. The molecular weight excluding hydrogens is 390 g/mol. The minimum atomic E-state index is -0.416. The van der Waals surface area contributed by atoms with Gasteiger partial charge in [-0.1, -0.05) is 18.2 Å². The maximum absolute atomic E-state index is 6.46. The number of aromatic nitrogens is 1. The van der Waals surface area contributed by atoms with Gasteiger partial charge < -0.3 is 14.2 Å². The molecule has 0 saturated carbocycles. The molecule has 2 aliphatic heterocycles. The number of hydrazone groups is 1. The number of hydrogen-bond acceptors (Lipinski definition) is 6. The molecule has 0 spiro atoms. The molecule has 2 aliphatic rings. The third-order valence-corrected chi connectivity index (χ3v) is 5.52. The maximum Gasteiger partial charge on any atom is 0.230 e. The molecule has 6 nitrogen and oxygen atoms in total. The van der Waals surface area contributed by atoms with Crippen LogP contribution >= 0.6 is 0 Å². The molecule has 0 bridgehead atoms. The summed E-state index contributed by atoms with van der Waals surface area (Å²) in [5.41, 5.74) is 4.01. The standard InChI is InChI=1S/C25H25N3O3/c1-3-29-18-13-11-17(12-14-18)21-16-22-19-8-7-10-23(30-4-2)24(19)31-25(28(22)27-21)20-9-5-6-15-26-20/h5-15,22,25H,3-4,16H2,1-2H3/t22-,25-/m0/s1. The van der Waals surface area contributed by atoms with E-state index in [9.17, 15) is 0 Å². The van der Waals surface area contributed by atoms with Crippen molar-refractivity contribution in [2.75, 3.05) is 13.2 Å². The van der Waals surface area contributed by atoms with Crippen molar-refractivity contribution in [2.24, 2.45) is 5.10 Å². The van der Waals surface area contributed by atoms with Crippen LogP contribution in [0.4, 0.5) is 0 Å². The smallest absolute Gasteiger partial charge is 0.230 e. The van der Waals surface area contributed by atoms with Crippen molar-refractivity contribution in [1.82, 2.24) is 9.99 Å². The fourth-order valence-corrected chi connectivity index (χ4v) is 4.15. The lowest BCUT2D eigenvalue weighted by Gasteiger charge is -2.38. The fraction of sp³-hybridized carbons (Fsp3) is 0.280. The Bertz CT molecular complexity index is 1080. The summed E-state index contributed by atoms with van der Waals surface area (Å²) < 4.78 is 17.9. The van der Waals surface area contributed by atoms with Gasteiger partial charge in [-0.3, -0.25) is 4.98 Å². The van der Waals surface area contributed by atoms with E-state index >= 15 is 0 Å². The van der Waals surface area contributed by atoms with Crippen LogP contribution in [0.3, 0.4) is 0 Å². The lowest BCUT2D eigenvalue weighted by molar-refractivity contribution is -0.0240. The van der Waals surface area contributed by atoms with Gasteiger partial charge >= 0.3 is 0 Å². The predicted molar refractivity (Wildman–Crippen MR) is 119 cm³/mol. The SMILES string of the molecule is CCOc1ccc(C2=NN3[C@@H](C2)c2cccc(OCC)c2O[C@H]3c2ccccn2)cc1. The highest BCUT2D eigenvalue weighted by atomic mass is 16.5. The molecule has 2 atom stereocenters. The predicted octanol–water partition coefficient (Wildman–Crippen LogP) is 5.12. The molecule has 0 aliphatic carbocycles. The summed E-state index contributed by atoms with van der Waals surface area (Å²) in [5, 5.41) is 7.03. The van der Waals surface area contributed by atoms with Crippen LogP contribution in [0.15, 0.2) is 72.0 Å². The first kappa shape index (κ1) is 19.4. The fourth-order valence-electron chi connectivity index (χ4n) is 4.15. The summed E-state index contributed by atoms with van der Waals surface area (Å²) >= 11 is 0. The number of hydrogen-bond donors (Lipinski definition) is 0. The number of fused-ring (bicyclic) bond motifs is 3. The van der Waals surface area contributed by atoms with Crippen molar-refractivity contribution in [3.63, 3.8) is 0 Å². The zero-order valence-corrected chi connectivity index (χ0v) is 17.7. The molecule has 0 saturated heterocycles. The monoisotopic (exact) mass is 415 g/mol. The van der Waals surface area contributed by atoms with Crippen LogP contribution < -0.4 is 14.2 Å². The largest absolute Gasteiger partial charge is 0.494 e. The van der Waals surface area contributed by atoms with E-state index in [1.807, 2.05) is 61.3 Å². The van der Waals surface area contributed by atoms with Crippen molar-refractivity contribution >= 4 is 5.71 Å². The Balaban J connectivity index is 1.55. The topological polar surface area (TPSA) is 56.2 Å². The average molecular weight is 415 g/mol. The number of rotatable bonds is 6. The average Bonchev–Trinajstić information content (AvgIpc) is 3.26. The number of para-hydroxylation sites is 1. The molecule has 0 radical (unpaired) electrons. The van der Waals surface area contributed by atoms with Gasteiger partial charge in [-0.25, -0.2) is 5.01 Å². The molecule has 0 N–H and O–H groups in total. The second-order valence-electron chi connectivity index (χ2n) is 7.44. The van der Waals surface area contributed by atoms with E-state index in [0.29, 0.717) is 13.2 Å². The zero-order valence-electron chi connectivity index (χ0n) is 17.7. The molecule has 31 heavy (non-hydrogen) atoms. The Morgan fingerprint density at radius 1 is 0.968 bits per heavy atom. The normalized spacial score (nSPS) is 19.2. The van der Waals surface area contributed by atoms with Crippen LogP contribution in [-0.2, 0) is 0 Å². The van der Waals surface area contributed by atoms with E-state index in [0.717, 1.165) is 46.2 Å². The lowest BCUT2D eigenvalue weighted by atomic mass is 9.96. The van der Waals surface area contributed by atoms with Crippen LogP contribution in [-0.4, -0.2) is 28.9 Å². The van der Waals surface area contributed by atoms with E-state index in [1.54, 1.807) is 6.20 Å². The van der Waals surface area contributed by atoms with Gasteiger partial charge in [0.1, 0.15) is 11.4 Å². The second kappa shape index (κ2) is 8.30. The molecule has 6 heteroatoms. The molecule has 0 unspecified atom stereocenters. The molecule has 0 amide bonds. The van der Waals surface area contributed by atoms with Gasteiger partial charge in [0.25, 0.3) is 0 Å². The molecule has 158 valence electrons. The summed E-state index contributed by atoms with van der Waals surface area (Å²) in [6.45, 7) is 5.20. The van der Waals surface area contributed by atoms with E-state index in [4.69, 9.17) is 19.3 Å². The Morgan fingerprint density at radius 3 is 2.55 bits per heavy atom. The van der Waals surface area contributed by atoms with Crippen molar-refractivity contribution in [3.05, 3.63) is 83.7 Å². The maximum atomic E-state index is 6.46. The van der Waals surface area contributed by atoms with Gasteiger partial charge in [0.2, 0.25) is 6.23 Å². The minimum absolute atomic E-state index is 0.0535. The van der Waals surface area contributed by atoms with Crippen LogP contribution in [0, 0.1) is 0 Å². The quantitative estimate of drug-likeness (QED) is 0.559. The van der Waals surface area contributed by atoms with Gasteiger partial charge in [0.15, 0.2) is 11.5 Å². The van der Waals surface area contributed by atoms with Crippen LogP contribution in [0.2, 0.25) is 0 Å². The molecular formula is C25H25N3O3. The van der Waals surface area contributed by atoms with Gasteiger partial charge in [0, 0.05) is 18.2 Å². The number of nitrogens with zero attached hydrogens (tertiary/aromatic N) is 3. The Hall–Kier alpha value is -3.54. The lowest BCUT2D eigenvalue weighted by Crippen LogP contribution is -2.34. The van der Waals surface area contributed by atoms with Crippen LogP contribution in [0.1, 0.15) is 49.4 Å². The van der Waals surface area contributed by atoms with Crippen molar-refractivity contribution in [2.45, 2.75) is 32.5 Å². The van der Waals surface area contributed by atoms with Crippen molar-refractivity contribution < 1.29 is 14.2 Å². The molecule has 3 heterocycles. The van der Waals surface area contributed by atoms with E-state index < -0.39 is 6.23 Å². The summed E-state index contributed by atoms with van der Waals surface area (Å²) in [4.78, 5) is 4.55. The number of benzene rings is 2. The summed E-state index contributed by atoms with van der Waals surface area (Å²) in [5.74, 6) is 2.41. The van der Waals surface area contributed by atoms with E-state index in [2.05, 4.69) is 23.2 Å². The van der Waals surface area contributed by atoms with Gasteiger partial charge in [-0.15, -0.1) is 0 Å². The minimum Gasteiger partial charge on any atom is -0.494 e. The number of ether oxygens (including phenoxy) is 3. The summed E-state index contributed by atoms with van der Waals surface area (Å²) in [7, 11) is 0. The Morgan fingerprint density at radius 2 is 1.81 bits per heavy atom. The number of pyridine rings is 1. The third-order valence-electron chi connectivity index (χ3n) is 5.52. The molecule has 1 aromatic heterocycles. The van der Waals surface area contributed by atoms with Crippen molar-refractivity contribution in [1.29, 1.82) is 0 Å². The Labute approximate surface area is 182 Å². The Kier molecular flexibility index (Phi) is 5.20. The first-order chi connectivity index (χ1) is 15.3. The van der Waals surface area contributed by atoms with E-state index in [1.165, 1.54) is 0 Å². The van der Waals surface area contributed by atoms with Gasteiger partial charge in [-0.05, 0) is 61.9 Å². The summed E-state index contributed by atoms with van der Waals surface area (Å²) in [6.07, 6.45) is 2.15. The summed E-state index contributed by atoms with van der Waals surface area (Å²) in [6, 6.07) is 20.1. The molecule has 5 rings (SSSR count). The van der Waals surface area contributed by atoms with Crippen LogP contribution in [0.25, 0.3) is 0 Å². The van der Waals surface area contributed by atoms with Crippen LogP contribution in [0.5, 0.6) is 17.2 Å². The van der Waals surface area contributed by atoms with Gasteiger partial charge in [0.05, 0.1) is 25.0 Å². The highest BCUT2D eigenvalue weighted by Crippen LogP contribution is 2.50. The van der Waals surface area contributed by atoms with E-state index in [-0.39, 0.29) is 6.04 Å². The third kappa shape index (κ3) is 3.58. The molecule has 0 fully saturated rings. The second-order valence-corrected chi connectivity index (χ2v) is 7.44.